The summed E-state index contributed by atoms with van der Waals surface area (Å²) in [7, 11) is 0. The highest BCUT2D eigenvalue weighted by Gasteiger charge is 2.13. The number of hydrogen-bond donors (Lipinski definition) is 1. The van der Waals surface area contributed by atoms with E-state index in [1.54, 1.807) is 11.8 Å². The number of thioether (sulfide) groups is 1. The highest BCUT2D eigenvalue weighted by Crippen LogP contribution is 2.27. The third kappa shape index (κ3) is 4.38. The van der Waals surface area contributed by atoms with E-state index in [1.807, 2.05) is 0 Å². The maximum atomic E-state index is 4.89. The summed E-state index contributed by atoms with van der Waals surface area (Å²) in [6.45, 7) is 0. The summed E-state index contributed by atoms with van der Waals surface area (Å²) in [6.07, 6.45) is 7.09. The maximum absolute atomic E-state index is 4.89. The molecule has 1 fully saturated rings. The second kappa shape index (κ2) is 5.44. The highest BCUT2D eigenvalue weighted by molar-refractivity contribution is 8.41. The predicted octanol–water partition coefficient (Wildman–Crippen LogP) is 3.51. The van der Waals surface area contributed by atoms with Gasteiger partial charge >= 0.3 is 0 Å². The van der Waals surface area contributed by atoms with Crippen LogP contribution >= 0.6 is 36.6 Å². The Kier molecular flexibility index (Phi) is 4.88. The zero-order valence-electron chi connectivity index (χ0n) is 6.58. The molecule has 0 N–H and O–H groups in total. The molecular formula is C8H14S3. The van der Waals surface area contributed by atoms with E-state index in [4.69, 9.17) is 12.2 Å². The Morgan fingerprint density at radius 1 is 1.36 bits per heavy atom. The average molecular weight is 206 g/mol. The van der Waals surface area contributed by atoms with Crippen molar-refractivity contribution in [2.45, 2.75) is 32.1 Å². The van der Waals surface area contributed by atoms with E-state index in [2.05, 4.69) is 12.6 Å². The third-order valence-electron chi connectivity index (χ3n) is 2.17. The Bertz CT molecular complexity index is 127. The molecule has 0 aromatic rings. The Morgan fingerprint density at radius 2 is 2.00 bits per heavy atom. The summed E-state index contributed by atoms with van der Waals surface area (Å²) in [5.74, 6) is 2.11. The van der Waals surface area contributed by atoms with Crippen molar-refractivity contribution in [2.75, 3.05) is 5.75 Å². The lowest BCUT2D eigenvalue weighted by molar-refractivity contribution is 0.391. The first-order valence-corrected chi connectivity index (χ1v) is 5.99. The number of thiocarbonyl (C=S) groups is 1. The molecule has 1 aliphatic rings. The smallest absolute Gasteiger partial charge is 0.101 e. The third-order valence-corrected chi connectivity index (χ3v) is 3.79. The van der Waals surface area contributed by atoms with Crippen LogP contribution in [0, 0.1) is 5.92 Å². The van der Waals surface area contributed by atoms with Gasteiger partial charge in [0, 0.05) is 5.75 Å². The van der Waals surface area contributed by atoms with Gasteiger partial charge in [0.05, 0.1) is 0 Å². The van der Waals surface area contributed by atoms with Gasteiger partial charge in [-0.25, -0.2) is 0 Å². The van der Waals surface area contributed by atoms with Gasteiger partial charge in [-0.3, -0.25) is 0 Å². The fourth-order valence-corrected chi connectivity index (χ4v) is 2.68. The van der Waals surface area contributed by atoms with Gasteiger partial charge in [0.25, 0.3) is 0 Å². The van der Waals surface area contributed by atoms with Crippen molar-refractivity contribution in [1.29, 1.82) is 0 Å². The van der Waals surface area contributed by atoms with Crippen LogP contribution in [0.3, 0.4) is 0 Å². The highest BCUT2D eigenvalue weighted by atomic mass is 32.2. The molecule has 0 aromatic heterocycles. The summed E-state index contributed by atoms with van der Waals surface area (Å²) in [5, 5.41) is 0. The quantitative estimate of drug-likeness (QED) is 0.542. The fourth-order valence-electron chi connectivity index (χ4n) is 1.54. The second-order valence-electron chi connectivity index (χ2n) is 3.08. The first kappa shape index (κ1) is 9.87. The van der Waals surface area contributed by atoms with Crippen LogP contribution in [0.15, 0.2) is 0 Å². The molecule has 64 valence electrons. The van der Waals surface area contributed by atoms with Crippen molar-refractivity contribution in [3.63, 3.8) is 0 Å². The lowest BCUT2D eigenvalue weighted by Gasteiger charge is -2.20. The first-order chi connectivity index (χ1) is 5.29. The Balaban J connectivity index is 2.09. The normalized spacial score (nSPS) is 20.1. The van der Waals surface area contributed by atoms with Crippen LogP contribution in [-0.2, 0) is 0 Å². The molecule has 0 nitrogen and oxygen atoms in total. The molecule has 0 amide bonds. The summed E-state index contributed by atoms with van der Waals surface area (Å²) < 4.78 is 0.801. The molecule has 0 bridgehead atoms. The van der Waals surface area contributed by atoms with E-state index in [1.165, 1.54) is 37.9 Å². The van der Waals surface area contributed by atoms with Crippen LogP contribution in [0.2, 0.25) is 0 Å². The average Bonchev–Trinajstić information content (AvgIpc) is 2.03. The molecule has 0 aliphatic heterocycles. The SMILES string of the molecule is S=C(S)SCC1CCCCC1. The molecule has 0 radical (unpaired) electrons. The lowest BCUT2D eigenvalue weighted by Crippen LogP contribution is -2.08. The standard InChI is InChI=1S/C8H14S3/c9-8(10)11-6-7-4-2-1-3-5-7/h7H,1-6H2,(H,9,10). The van der Waals surface area contributed by atoms with Crippen LogP contribution in [0.25, 0.3) is 0 Å². The summed E-state index contributed by atoms with van der Waals surface area (Å²) in [6, 6.07) is 0. The Labute approximate surface area is 83.9 Å². The van der Waals surface area contributed by atoms with E-state index in [-0.39, 0.29) is 0 Å². The molecule has 0 aromatic carbocycles. The minimum atomic E-state index is 0.801. The van der Waals surface area contributed by atoms with Crippen LogP contribution in [0.4, 0.5) is 0 Å². The van der Waals surface area contributed by atoms with Crippen molar-refractivity contribution < 1.29 is 0 Å². The summed E-state index contributed by atoms with van der Waals surface area (Å²) >= 11 is 10.7. The van der Waals surface area contributed by atoms with Crippen molar-refractivity contribution in [1.82, 2.24) is 0 Å². The monoisotopic (exact) mass is 206 g/mol. The molecule has 1 aliphatic carbocycles. The van der Waals surface area contributed by atoms with Crippen LogP contribution in [0.1, 0.15) is 32.1 Å². The zero-order chi connectivity index (χ0) is 8.10. The molecule has 1 saturated carbocycles. The van der Waals surface area contributed by atoms with E-state index in [0.717, 1.165) is 9.45 Å². The molecule has 1 rings (SSSR count). The van der Waals surface area contributed by atoms with Gasteiger partial charge in [0.1, 0.15) is 3.53 Å². The Hall–Kier alpha value is 0.790. The molecular weight excluding hydrogens is 192 g/mol. The molecule has 0 atom stereocenters. The number of hydrogen-bond acceptors (Lipinski definition) is 2. The van der Waals surface area contributed by atoms with Gasteiger partial charge < -0.3 is 0 Å². The molecule has 11 heavy (non-hydrogen) atoms. The molecule has 0 saturated heterocycles. The first-order valence-electron chi connectivity index (χ1n) is 4.15. The number of rotatable bonds is 2. The van der Waals surface area contributed by atoms with Gasteiger partial charge in [0.15, 0.2) is 0 Å². The number of thiol groups is 1. The van der Waals surface area contributed by atoms with Gasteiger partial charge in [-0.1, -0.05) is 31.5 Å². The molecule has 0 spiro atoms. The van der Waals surface area contributed by atoms with E-state index in [9.17, 15) is 0 Å². The minimum Gasteiger partial charge on any atom is -0.125 e. The van der Waals surface area contributed by atoms with Crippen molar-refractivity contribution >= 4 is 40.1 Å². The Morgan fingerprint density at radius 3 is 2.55 bits per heavy atom. The zero-order valence-corrected chi connectivity index (χ0v) is 9.11. The van der Waals surface area contributed by atoms with E-state index in [0.29, 0.717) is 0 Å². The van der Waals surface area contributed by atoms with Crippen molar-refractivity contribution in [2.24, 2.45) is 5.92 Å². The van der Waals surface area contributed by atoms with Crippen molar-refractivity contribution in [3.8, 4) is 0 Å². The largest absolute Gasteiger partial charge is 0.125 e. The van der Waals surface area contributed by atoms with E-state index >= 15 is 0 Å². The van der Waals surface area contributed by atoms with Gasteiger partial charge in [-0.2, -0.15) is 0 Å². The van der Waals surface area contributed by atoms with Crippen LogP contribution in [0.5, 0.6) is 0 Å². The second-order valence-corrected chi connectivity index (χ2v) is 5.83. The fraction of sp³-hybridized carbons (Fsp3) is 0.875. The van der Waals surface area contributed by atoms with E-state index < -0.39 is 0 Å². The van der Waals surface area contributed by atoms with Gasteiger partial charge in [0.2, 0.25) is 0 Å². The topological polar surface area (TPSA) is 0 Å². The summed E-state index contributed by atoms with van der Waals surface area (Å²) in [4.78, 5) is 0. The lowest BCUT2D eigenvalue weighted by atomic mass is 9.91. The molecule has 0 heterocycles. The van der Waals surface area contributed by atoms with Crippen LogP contribution < -0.4 is 0 Å². The minimum absolute atomic E-state index is 0.801. The maximum Gasteiger partial charge on any atom is 0.101 e. The molecule has 0 unspecified atom stereocenters. The van der Waals surface area contributed by atoms with Crippen molar-refractivity contribution in [3.05, 3.63) is 0 Å². The van der Waals surface area contributed by atoms with Gasteiger partial charge in [-0.05, 0) is 18.8 Å². The van der Waals surface area contributed by atoms with Gasteiger partial charge in [-0.15, -0.1) is 24.4 Å². The predicted molar refractivity (Wildman–Crippen MR) is 60.6 cm³/mol. The summed E-state index contributed by atoms with van der Waals surface area (Å²) in [5.41, 5.74) is 0. The van der Waals surface area contributed by atoms with Crippen LogP contribution in [-0.4, -0.2) is 9.28 Å². The molecule has 3 heteroatoms.